The van der Waals surface area contributed by atoms with E-state index < -0.39 is 5.97 Å². The molecule has 1 atom stereocenters. The molecule has 108 valence electrons. The van der Waals surface area contributed by atoms with E-state index in [4.69, 9.17) is 14.6 Å². The monoisotopic (exact) mass is 261 g/mol. The first-order valence-electron chi connectivity index (χ1n) is 6.55. The zero-order chi connectivity index (χ0) is 13.8. The van der Waals surface area contributed by atoms with Crippen molar-refractivity contribution in [2.24, 2.45) is 0 Å². The molecule has 0 spiro atoms. The van der Waals surface area contributed by atoms with Crippen LogP contribution in [0, 0.1) is 0 Å². The molecular weight excluding hydrogens is 234 g/mol. The average Bonchev–Trinajstić information content (AvgIpc) is 2.32. The summed E-state index contributed by atoms with van der Waals surface area (Å²) >= 11 is 0. The van der Waals surface area contributed by atoms with Gasteiger partial charge in [0.2, 0.25) is 0 Å². The minimum Gasteiger partial charge on any atom is -0.481 e. The van der Waals surface area contributed by atoms with Crippen LogP contribution in [0.1, 0.15) is 32.6 Å². The number of carboxylic acid groups (broad SMARTS) is 1. The van der Waals surface area contributed by atoms with E-state index >= 15 is 0 Å². The Morgan fingerprint density at radius 2 is 1.89 bits per heavy atom. The maximum absolute atomic E-state index is 10.4. The lowest BCUT2D eigenvalue weighted by atomic mass is 10.1. The summed E-state index contributed by atoms with van der Waals surface area (Å²) in [7, 11) is 3.41. The van der Waals surface area contributed by atoms with Gasteiger partial charge in [0.15, 0.2) is 0 Å². The maximum Gasteiger partial charge on any atom is 0.303 e. The first kappa shape index (κ1) is 17.4. The molecule has 0 aromatic carbocycles. The van der Waals surface area contributed by atoms with Crippen molar-refractivity contribution in [1.82, 2.24) is 4.90 Å². The van der Waals surface area contributed by atoms with Crippen molar-refractivity contribution >= 4 is 5.97 Å². The molecule has 0 saturated carbocycles. The minimum atomic E-state index is -0.709. The van der Waals surface area contributed by atoms with Gasteiger partial charge >= 0.3 is 5.97 Å². The van der Waals surface area contributed by atoms with Gasteiger partial charge in [0, 0.05) is 33.2 Å². The molecule has 0 aromatic rings. The second-order valence-corrected chi connectivity index (χ2v) is 4.54. The standard InChI is InChI=1S/C13H27NO4/c1-12(11-18-3)14(9-10-17-2)8-6-4-5-7-13(15)16/h12H,4-11H2,1-3H3,(H,15,16). The summed E-state index contributed by atoms with van der Waals surface area (Å²) in [6.07, 6.45) is 3.00. The highest BCUT2D eigenvalue weighted by Gasteiger charge is 2.12. The topological polar surface area (TPSA) is 59.0 Å². The molecule has 0 rings (SSSR count). The van der Waals surface area contributed by atoms with Gasteiger partial charge in [-0.2, -0.15) is 0 Å². The molecule has 0 aliphatic rings. The van der Waals surface area contributed by atoms with Gasteiger partial charge in [0.25, 0.3) is 0 Å². The molecule has 1 N–H and O–H groups in total. The molecule has 1 unspecified atom stereocenters. The molecular formula is C13H27NO4. The summed E-state index contributed by atoms with van der Waals surface area (Å²) in [5.41, 5.74) is 0. The largest absolute Gasteiger partial charge is 0.481 e. The van der Waals surface area contributed by atoms with Crippen molar-refractivity contribution in [3.8, 4) is 0 Å². The van der Waals surface area contributed by atoms with Crippen LogP contribution in [0.3, 0.4) is 0 Å². The second kappa shape index (κ2) is 11.4. The Balaban J connectivity index is 3.81. The number of aliphatic carboxylic acids is 1. The summed E-state index contributed by atoms with van der Waals surface area (Å²) in [5, 5.41) is 8.55. The normalized spacial score (nSPS) is 12.9. The van der Waals surface area contributed by atoms with Crippen LogP contribution < -0.4 is 0 Å². The number of carboxylic acids is 1. The third kappa shape index (κ3) is 9.39. The van der Waals surface area contributed by atoms with E-state index in [2.05, 4.69) is 11.8 Å². The SMILES string of the molecule is COCCN(CCCCCC(=O)O)C(C)COC. The highest BCUT2D eigenvalue weighted by molar-refractivity contribution is 5.66. The third-order valence-corrected chi connectivity index (χ3v) is 2.95. The van der Waals surface area contributed by atoms with E-state index in [9.17, 15) is 4.79 Å². The Labute approximate surface area is 110 Å². The van der Waals surface area contributed by atoms with Gasteiger partial charge < -0.3 is 14.6 Å². The molecule has 0 bridgehead atoms. The van der Waals surface area contributed by atoms with E-state index in [1.54, 1.807) is 14.2 Å². The lowest BCUT2D eigenvalue weighted by molar-refractivity contribution is -0.137. The number of carbonyl (C=O) groups is 1. The van der Waals surface area contributed by atoms with Gasteiger partial charge in [-0.15, -0.1) is 0 Å². The summed E-state index contributed by atoms with van der Waals surface area (Å²) in [5.74, 6) is -0.709. The van der Waals surface area contributed by atoms with E-state index in [1.807, 2.05) is 0 Å². The van der Waals surface area contributed by atoms with Gasteiger partial charge in [-0.3, -0.25) is 9.69 Å². The number of unbranched alkanes of at least 4 members (excludes halogenated alkanes) is 2. The first-order valence-corrected chi connectivity index (χ1v) is 6.55. The number of hydrogen-bond acceptors (Lipinski definition) is 4. The van der Waals surface area contributed by atoms with Crippen molar-refractivity contribution in [2.45, 2.75) is 38.6 Å². The summed E-state index contributed by atoms with van der Waals surface area (Å²) < 4.78 is 10.3. The highest BCUT2D eigenvalue weighted by Crippen LogP contribution is 2.06. The smallest absolute Gasteiger partial charge is 0.303 e. The summed E-state index contributed by atoms with van der Waals surface area (Å²) in [6.45, 7) is 5.41. The molecule has 5 nitrogen and oxygen atoms in total. The maximum atomic E-state index is 10.4. The van der Waals surface area contributed by atoms with Gasteiger partial charge in [-0.05, 0) is 26.3 Å². The van der Waals surface area contributed by atoms with E-state index in [0.29, 0.717) is 19.3 Å². The minimum absolute atomic E-state index is 0.270. The van der Waals surface area contributed by atoms with Crippen LogP contribution >= 0.6 is 0 Å². The Morgan fingerprint density at radius 3 is 2.44 bits per heavy atom. The highest BCUT2D eigenvalue weighted by atomic mass is 16.5. The summed E-state index contributed by atoms with van der Waals surface area (Å²) in [6, 6.07) is 0.365. The van der Waals surface area contributed by atoms with Crippen molar-refractivity contribution in [1.29, 1.82) is 0 Å². The molecule has 0 aliphatic heterocycles. The van der Waals surface area contributed by atoms with Crippen LogP contribution in [0.2, 0.25) is 0 Å². The fourth-order valence-corrected chi connectivity index (χ4v) is 1.88. The molecule has 0 fully saturated rings. The van der Waals surface area contributed by atoms with Crippen LogP contribution in [-0.4, -0.2) is 62.5 Å². The fourth-order valence-electron chi connectivity index (χ4n) is 1.88. The van der Waals surface area contributed by atoms with E-state index in [-0.39, 0.29) is 6.42 Å². The Kier molecular flexibility index (Phi) is 11.0. The molecule has 0 aromatic heterocycles. The fraction of sp³-hybridized carbons (Fsp3) is 0.923. The van der Waals surface area contributed by atoms with Gasteiger partial charge in [-0.1, -0.05) is 6.42 Å². The van der Waals surface area contributed by atoms with Crippen LogP contribution in [0.25, 0.3) is 0 Å². The molecule has 0 radical (unpaired) electrons. The van der Waals surface area contributed by atoms with Crippen LogP contribution in [0.4, 0.5) is 0 Å². The summed E-state index contributed by atoms with van der Waals surface area (Å²) in [4.78, 5) is 12.7. The Bertz CT molecular complexity index is 211. The van der Waals surface area contributed by atoms with E-state index in [0.717, 1.165) is 32.4 Å². The third-order valence-electron chi connectivity index (χ3n) is 2.95. The number of rotatable bonds is 12. The Hall–Kier alpha value is -0.650. The molecule has 0 aliphatic carbocycles. The Morgan fingerprint density at radius 1 is 1.17 bits per heavy atom. The van der Waals surface area contributed by atoms with E-state index in [1.165, 1.54) is 0 Å². The number of ether oxygens (including phenoxy) is 2. The first-order chi connectivity index (χ1) is 8.61. The molecule has 0 heterocycles. The number of methoxy groups -OCH3 is 2. The molecule has 0 saturated heterocycles. The lowest BCUT2D eigenvalue weighted by Crippen LogP contribution is -2.39. The lowest BCUT2D eigenvalue weighted by Gasteiger charge is -2.28. The predicted octanol–water partition coefficient (Wildman–Crippen LogP) is 1.61. The quantitative estimate of drug-likeness (QED) is 0.541. The molecule has 5 heteroatoms. The van der Waals surface area contributed by atoms with Crippen molar-refractivity contribution < 1.29 is 19.4 Å². The number of nitrogens with zero attached hydrogens (tertiary/aromatic N) is 1. The van der Waals surface area contributed by atoms with Crippen LogP contribution in [0.5, 0.6) is 0 Å². The molecule has 0 amide bonds. The van der Waals surface area contributed by atoms with Crippen LogP contribution in [-0.2, 0) is 14.3 Å². The van der Waals surface area contributed by atoms with Crippen molar-refractivity contribution in [2.75, 3.05) is 40.5 Å². The zero-order valence-corrected chi connectivity index (χ0v) is 11.9. The van der Waals surface area contributed by atoms with Crippen molar-refractivity contribution in [3.05, 3.63) is 0 Å². The van der Waals surface area contributed by atoms with Gasteiger partial charge in [0.1, 0.15) is 0 Å². The second-order valence-electron chi connectivity index (χ2n) is 4.54. The number of hydrogen-bond donors (Lipinski definition) is 1. The average molecular weight is 261 g/mol. The van der Waals surface area contributed by atoms with Gasteiger partial charge in [0.05, 0.1) is 13.2 Å². The zero-order valence-electron chi connectivity index (χ0n) is 11.9. The van der Waals surface area contributed by atoms with Crippen LogP contribution in [0.15, 0.2) is 0 Å². The van der Waals surface area contributed by atoms with Gasteiger partial charge in [-0.25, -0.2) is 0 Å². The molecule has 18 heavy (non-hydrogen) atoms. The van der Waals surface area contributed by atoms with Crippen molar-refractivity contribution in [3.63, 3.8) is 0 Å². The predicted molar refractivity (Wildman–Crippen MR) is 70.9 cm³/mol.